The van der Waals surface area contributed by atoms with Gasteiger partial charge in [0.2, 0.25) is 0 Å². The largest absolute Gasteiger partial charge is 0.332 e. The summed E-state index contributed by atoms with van der Waals surface area (Å²) in [6.07, 6.45) is 0. The number of likely N-dealkylation sites (N-methyl/N-ethyl adjacent to an activating group) is 1. The first-order chi connectivity index (χ1) is 12.9. The van der Waals surface area contributed by atoms with Crippen molar-refractivity contribution in [2.24, 2.45) is 14.1 Å². The average molecular weight is 390 g/mol. The lowest BCUT2D eigenvalue weighted by Crippen LogP contribution is -2.38. The molecule has 0 saturated carbocycles. The lowest BCUT2D eigenvalue weighted by Gasteiger charge is -2.19. The average Bonchev–Trinajstić information content (AvgIpc) is 3.06. The molecule has 0 amide bonds. The molecule has 144 valence electrons. The summed E-state index contributed by atoms with van der Waals surface area (Å²) in [4.78, 5) is 32.1. The molecule has 0 saturated heterocycles. The molecule has 2 heterocycles. The molecule has 0 fully saturated rings. The molecule has 0 N–H and O–H groups in total. The van der Waals surface area contributed by atoms with Gasteiger partial charge in [-0.3, -0.25) is 13.9 Å². The van der Waals surface area contributed by atoms with Crippen LogP contribution in [0.4, 0.5) is 0 Å². The third-order valence-corrected chi connectivity index (χ3v) is 5.24. The molecule has 0 aliphatic carbocycles. The molecule has 1 aromatic carbocycles. The Balaban J connectivity index is 2.27. The summed E-state index contributed by atoms with van der Waals surface area (Å²) >= 11 is 6.02. The van der Waals surface area contributed by atoms with Crippen molar-refractivity contribution in [1.29, 1.82) is 0 Å². The maximum Gasteiger partial charge on any atom is 0.332 e. The summed E-state index contributed by atoms with van der Waals surface area (Å²) in [7, 11) is 3.13. The van der Waals surface area contributed by atoms with Crippen LogP contribution >= 0.6 is 11.6 Å². The van der Waals surface area contributed by atoms with Crippen LogP contribution in [0.25, 0.3) is 22.6 Å². The van der Waals surface area contributed by atoms with E-state index in [-0.39, 0.29) is 11.2 Å². The molecule has 0 aliphatic rings. The summed E-state index contributed by atoms with van der Waals surface area (Å²) in [5.74, 6) is 0.659. The molecule has 8 heteroatoms. The van der Waals surface area contributed by atoms with E-state index in [0.717, 1.165) is 29.8 Å². The maximum absolute atomic E-state index is 12.9. The van der Waals surface area contributed by atoms with Crippen molar-refractivity contribution in [1.82, 2.24) is 23.6 Å². The van der Waals surface area contributed by atoms with Gasteiger partial charge in [0.25, 0.3) is 5.56 Å². The first-order valence-corrected chi connectivity index (χ1v) is 9.41. The Hall–Kier alpha value is -2.38. The van der Waals surface area contributed by atoms with E-state index in [2.05, 4.69) is 23.7 Å². The second-order valence-electron chi connectivity index (χ2n) is 6.50. The van der Waals surface area contributed by atoms with Gasteiger partial charge in [-0.25, -0.2) is 9.78 Å². The van der Waals surface area contributed by atoms with Crippen LogP contribution in [0.5, 0.6) is 0 Å². The van der Waals surface area contributed by atoms with Gasteiger partial charge in [-0.15, -0.1) is 0 Å². The Bertz CT molecular complexity index is 1070. The molecule has 7 nitrogen and oxygen atoms in total. The second kappa shape index (κ2) is 7.70. The number of aromatic nitrogens is 4. The van der Waals surface area contributed by atoms with Gasteiger partial charge >= 0.3 is 5.69 Å². The van der Waals surface area contributed by atoms with Crippen LogP contribution in [0.1, 0.15) is 13.8 Å². The topological polar surface area (TPSA) is 65.1 Å². The van der Waals surface area contributed by atoms with E-state index in [4.69, 9.17) is 11.6 Å². The fourth-order valence-corrected chi connectivity index (χ4v) is 3.39. The Morgan fingerprint density at radius 2 is 1.67 bits per heavy atom. The van der Waals surface area contributed by atoms with Crippen LogP contribution < -0.4 is 11.2 Å². The standard InChI is InChI=1S/C19H24ClN5O2/c1-5-24(6-2)11-12-25-15-17(22(3)19(27)23(4)18(15)26)21-16(25)13-7-9-14(20)10-8-13/h7-10H,5-6,11-12H2,1-4H3. The van der Waals surface area contributed by atoms with Crippen molar-refractivity contribution in [2.75, 3.05) is 19.6 Å². The predicted molar refractivity (Wildman–Crippen MR) is 108 cm³/mol. The monoisotopic (exact) mass is 389 g/mol. The zero-order valence-electron chi connectivity index (χ0n) is 16.1. The molecular formula is C19H24ClN5O2. The highest BCUT2D eigenvalue weighted by Crippen LogP contribution is 2.24. The molecule has 0 bridgehead atoms. The van der Waals surface area contributed by atoms with Crippen LogP contribution in [-0.4, -0.2) is 43.2 Å². The zero-order valence-corrected chi connectivity index (χ0v) is 16.8. The Morgan fingerprint density at radius 3 is 2.26 bits per heavy atom. The van der Waals surface area contributed by atoms with Crippen molar-refractivity contribution in [2.45, 2.75) is 20.4 Å². The van der Waals surface area contributed by atoms with Crippen LogP contribution in [0.2, 0.25) is 5.02 Å². The van der Waals surface area contributed by atoms with Gasteiger partial charge in [-0.2, -0.15) is 0 Å². The Morgan fingerprint density at radius 1 is 1.04 bits per heavy atom. The normalized spacial score (nSPS) is 11.6. The highest BCUT2D eigenvalue weighted by Gasteiger charge is 2.20. The molecule has 0 unspecified atom stereocenters. The van der Waals surface area contributed by atoms with E-state index < -0.39 is 0 Å². The summed E-state index contributed by atoms with van der Waals surface area (Å²) in [6, 6.07) is 7.34. The van der Waals surface area contributed by atoms with Gasteiger partial charge in [0.15, 0.2) is 11.2 Å². The molecule has 0 aliphatic heterocycles. The molecule has 3 rings (SSSR count). The third kappa shape index (κ3) is 3.44. The van der Waals surface area contributed by atoms with Crippen molar-refractivity contribution < 1.29 is 0 Å². The van der Waals surface area contributed by atoms with Crippen LogP contribution in [0.3, 0.4) is 0 Å². The Labute approximate surface area is 162 Å². The van der Waals surface area contributed by atoms with Gasteiger partial charge in [-0.05, 0) is 37.4 Å². The van der Waals surface area contributed by atoms with Crippen molar-refractivity contribution in [3.63, 3.8) is 0 Å². The highest BCUT2D eigenvalue weighted by molar-refractivity contribution is 6.30. The van der Waals surface area contributed by atoms with Crippen molar-refractivity contribution >= 4 is 22.8 Å². The van der Waals surface area contributed by atoms with E-state index in [1.165, 1.54) is 11.6 Å². The lowest BCUT2D eigenvalue weighted by molar-refractivity contribution is 0.292. The number of imidazole rings is 1. The van der Waals surface area contributed by atoms with Crippen LogP contribution in [-0.2, 0) is 20.6 Å². The molecule has 2 aromatic heterocycles. The molecule has 0 spiro atoms. The summed E-state index contributed by atoms with van der Waals surface area (Å²) in [5, 5.41) is 0.632. The molecular weight excluding hydrogens is 366 g/mol. The predicted octanol–water partition coefficient (Wildman–Crippen LogP) is 2.10. The van der Waals surface area contributed by atoms with E-state index in [1.54, 1.807) is 19.2 Å². The van der Waals surface area contributed by atoms with Gasteiger partial charge in [0.1, 0.15) is 5.82 Å². The SMILES string of the molecule is CCN(CC)CCn1c(-c2ccc(Cl)cc2)nc2c1c(=O)n(C)c(=O)n2C. The maximum atomic E-state index is 12.9. The number of hydrogen-bond donors (Lipinski definition) is 0. The second-order valence-corrected chi connectivity index (χ2v) is 6.94. The first kappa shape index (κ1) is 19.4. The van der Waals surface area contributed by atoms with Crippen molar-refractivity contribution in [3.8, 4) is 11.4 Å². The van der Waals surface area contributed by atoms with Gasteiger partial charge in [0, 0.05) is 37.8 Å². The van der Waals surface area contributed by atoms with Crippen LogP contribution in [0.15, 0.2) is 33.9 Å². The number of rotatable bonds is 6. The molecule has 0 atom stereocenters. The number of hydrogen-bond acceptors (Lipinski definition) is 4. The number of fused-ring (bicyclic) bond motifs is 1. The number of halogens is 1. The smallest absolute Gasteiger partial charge is 0.317 e. The van der Waals surface area contributed by atoms with Crippen LogP contribution in [0, 0.1) is 0 Å². The minimum Gasteiger partial charge on any atom is -0.317 e. The third-order valence-electron chi connectivity index (χ3n) is 4.98. The summed E-state index contributed by atoms with van der Waals surface area (Å²) < 4.78 is 4.46. The minimum atomic E-state index is -0.386. The van der Waals surface area contributed by atoms with E-state index >= 15 is 0 Å². The van der Waals surface area contributed by atoms with E-state index in [0.29, 0.717) is 28.6 Å². The van der Waals surface area contributed by atoms with Gasteiger partial charge in [0.05, 0.1) is 0 Å². The Kier molecular flexibility index (Phi) is 5.53. The summed E-state index contributed by atoms with van der Waals surface area (Å²) in [6.45, 7) is 7.46. The van der Waals surface area contributed by atoms with Crippen molar-refractivity contribution in [3.05, 3.63) is 50.1 Å². The molecule has 27 heavy (non-hydrogen) atoms. The fourth-order valence-electron chi connectivity index (χ4n) is 3.26. The van der Waals surface area contributed by atoms with E-state index in [1.807, 2.05) is 16.7 Å². The summed E-state index contributed by atoms with van der Waals surface area (Å²) in [5.41, 5.74) is 0.970. The highest BCUT2D eigenvalue weighted by atomic mass is 35.5. The lowest BCUT2D eigenvalue weighted by atomic mass is 10.2. The molecule has 0 radical (unpaired) electrons. The molecule has 3 aromatic rings. The quantitative estimate of drug-likeness (QED) is 0.647. The minimum absolute atomic E-state index is 0.333. The zero-order chi connectivity index (χ0) is 19.7. The fraction of sp³-hybridized carbons (Fsp3) is 0.421. The number of nitrogens with zero attached hydrogens (tertiary/aromatic N) is 5. The van der Waals surface area contributed by atoms with Gasteiger partial charge in [-0.1, -0.05) is 25.4 Å². The van der Waals surface area contributed by atoms with E-state index in [9.17, 15) is 9.59 Å². The first-order valence-electron chi connectivity index (χ1n) is 9.03. The number of aryl methyl sites for hydroxylation is 1. The number of benzene rings is 1. The van der Waals surface area contributed by atoms with Gasteiger partial charge < -0.3 is 9.47 Å².